The zero-order valence-corrected chi connectivity index (χ0v) is 16.9. The van der Waals surface area contributed by atoms with Crippen molar-refractivity contribution in [3.63, 3.8) is 0 Å². The van der Waals surface area contributed by atoms with Gasteiger partial charge in [-0.25, -0.2) is 4.79 Å². The van der Waals surface area contributed by atoms with Crippen molar-refractivity contribution in [2.75, 3.05) is 32.2 Å². The predicted molar refractivity (Wildman–Crippen MR) is 101 cm³/mol. The first-order valence-corrected chi connectivity index (χ1v) is 9.05. The summed E-state index contributed by atoms with van der Waals surface area (Å²) in [6.45, 7) is -0.750. The van der Waals surface area contributed by atoms with Crippen LogP contribution in [0.25, 0.3) is 0 Å². The number of alkyl halides is 6. The Labute approximate surface area is 183 Å². The number of ether oxygens (including phenoxy) is 4. The lowest BCUT2D eigenvalue weighted by Gasteiger charge is -2.15. The van der Waals surface area contributed by atoms with Crippen molar-refractivity contribution in [3.8, 4) is 11.5 Å². The van der Waals surface area contributed by atoms with Crippen LogP contribution in [0, 0.1) is 0 Å². The molecule has 180 valence electrons. The molecule has 33 heavy (non-hydrogen) atoms. The van der Waals surface area contributed by atoms with Gasteiger partial charge in [0.25, 0.3) is 5.91 Å². The molecule has 0 radical (unpaired) electrons. The molecule has 7 nitrogen and oxygen atoms in total. The molecule has 1 amide bonds. The molecular weight excluding hydrogens is 464 g/mol. The maximum atomic E-state index is 13.0. The minimum absolute atomic E-state index is 0.00618. The Kier molecular flexibility index (Phi) is 8.51. The van der Waals surface area contributed by atoms with E-state index in [1.807, 2.05) is 0 Å². The number of esters is 1. The molecule has 0 unspecified atom stereocenters. The summed E-state index contributed by atoms with van der Waals surface area (Å²) in [4.78, 5) is 24.1. The standard InChI is InChI=1S/C20H17F6NO6/c1-30-8-9-31-16-7-4-13(19(21,22)23)10-15(16)27-17(28)11-32-18(29)12-2-5-14(6-3-12)33-20(24,25)26/h2-7,10H,8-9,11H2,1H3,(H,27,28). The molecule has 0 bridgehead atoms. The molecule has 0 aliphatic heterocycles. The van der Waals surface area contributed by atoms with E-state index < -0.39 is 42.3 Å². The van der Waals surface area contributed by atoms with E-state index in [1.54, 1.807) is 0 Å². The third-order valence-corrected chi connectivity index (χ3v) is 3.78. The average molecular weight is 481 g/mol. The van der Waals surface area contributed by atoms with Crippen LogP contribution in [-0.2, 0) is 20.4 Å². The molecule has 2 aromatic rings. The topological polar surface area (TPSA) is 83.1 Å². The smallest absolute Gasteiger partial charge is 0.489 e. The van der Waals surface area contributed by atoms with Gasteiger partial charge in [0, 0.05) is 7.11 Å². The first-order valence-electron chi connectivity index (χ1n) is 9.05. The average Bonchev–Trinajstić information content (AvgIpc) is 2.72. The van der Waals surface area contributed by atoms with Crippen LogP contribution < -0.4 is 14.8 Å². The maximum absolute atomic E-state index is 13.0. The summed E-state index contributed by atoms with van der Waals surface area (Å²) in [5.41, 5.74) is -1.54. The normalized spacial score (nSPS) is 11.6. The highest BCUT2D eigenvalue weighted by Gasteiger charge is 2.32. The van der Waals surface area contributed by atoms with Crippen LogP contribution in [0.4, 0.5) is 32.0 Å². The Balaban J connectivity index is 2.02. The maximum Gasteiger partial charge on any atom is 0.573 e. The number of methoxy groups -OCH3 is 1. The van der Waals surface area contributed by atoms with E-state index >= 15 is 0 Å². The fourth-order valence-electron chi connectivity index (χ4n) is 2.36. The minimum atomic E-state index is -4.91. The summed E-state index contributed by atoms with van der Waals surface area (Å²) in [7, 11) is 1.39. The Hall–Kier alpha value is -3.48. The zero-order chi connectivity index (χ0) is 24.6. The van der Waals surface area contributed by atoms with Crippen LogP contribution in [0.1, 0.15) is 15.9 Å². The second-order valence-electron chi connectivity index (χ2n) is 6.25. The van der Waals surface area contributed by atoms with Gasteiger partial charge < -0.3 is 24.3 Å². The molecule has 0 atom stereocenters. The van der Waals surface area contributed by atoms with E-state index in [-0.39, 0.29) is 30.2 Å². The van der Waals surface area contributed by atoms with E-state index in [2.05, 4.69) is 10.1 Å². The Bertz CT molecular complexity index is 959. The molecule has 0 aliphatic rings. The van der Waals surface area contributed by atoms with Crippen molar-refractivity contribution in [1.29, 1.82) is 0 Å². The van der Waals surface area contributed by atoms with Crippen LogP contribution in [0.3, 0.4) is 0 Å². The van der Waals surface area contributed by atoms with E-state index in [4.69, 9.17) is 14.2 Å². The molecule has 0 fully saturated rings. The van der Waals surface area contributed by atoms with E-state index in [1.165, 1.54) is 7.11 Å². The fraction of sp³-hybridized carbons (Fsp3) is 0.300. The van der Waals surface area contributed by atoms with E-state index in [9.17, 15) is 35.9 Å². The molecule has 0 heterocycles. The largest absolute Gasteiger partial charge is 0.573 e. The first-order chi connectivity index (χ1) is 15.4. The molecule has 0 saturated carbocycles. The van der Waals surface area contributed by atoms with Gasteiger partial charge in [0.1, 0.15) is 18.1 Å². The fourth-order valence-corrected chi connectivity index (χ4v) is 2.36. The Morgan fingerprint density at radius 1 is 0.939 bits per heavy atom. The van der Waals surface area contributed by atoms with Crippen molar-refractivity contribution < 1.29 is 54.9 Å². The van der Waals surface area contributed by atoms with Gasteiger partial charge in [0.2, 0.25) is 0 Å². The van der Waals surface area contributed by atoms with E-state index in [0.717, 1.165) is 36.4 Å². The highest BCUT2D eigenvalue weighted by atomic mass is 19.4. The Morgan fingerprint density at radius 2 is 1.61 bits per heavy atom. The van der Waals surface area contributed by atoms with Crippen LogP contribution in [0.15, 0.2) is 42.5 Å². The minimum Gasteiger partial charge on any atom is -0.489 e. The quantitative estimate of drug-likeness (QED) is 0.324. The molecule has 0 spiro atoms. The molecule has 0 aromatic heterocycles. The number of hydrogen-bond acceptors (Lipinski definition) is 6. The second-order valence-corrected chi connectivity index (χ2v) is 6.25. The summed E-state index contributed by atoms with van der Waals surface area (Å²) in [5, 5.41) is 2.16. The number of halogens is 6. The molecule has 0 saturated heterocycles. The van der Waals surface area contributed by atoms with E-state index in [0.29, 0.717) is 6.07 Å². The van der Waals surface area contributed by atoms with Gasteiger partial charge in [-0.2, -0.15) is 13.2 Å². The van der Waals surface area contributed by atoms with Crippen molar-refractivity contribution in [1.82, 2.24) is 0 Å². The molecule has 2 rings (SSSR count). The number of anilines is 1. The highest BCUT2D eigenvalue weighted by molar-refractivity contribution is 5.96. The van der Waals surface area contributed by atoms with Gasteiger partial charge in [0.15, 0.2) is 6.61 Å². The first kappa shape index (κ1) is 25.8. The predicted octanol–water partition coefficient (Wildman–Crippen LogP) is 4.42. The number of hydrogen-bond donors (Lipinski definition) is 1. The van der Waals surface area contributed by atoms with Crippen molar-refractivity contribution in [2.24, 2.45) is 0 Å². The molecule has 0 aliphatic carbocycles. The Morgan fingerprint density at radius 3 is 2.18 bits per heavy atom. The monoisotopic (exact) mass is 481 g/mol. The summed E-state index contributed by atoms with van der Waals surface area (Å²) >= 11 is 0. The number of carbonyl (C=O) groups is 2. The van der Waals surface area contributed by atoms with Gasteiger partial charge in [0.05, 0.1) is 23.4 Å². The second kappa shape index (κ2) is 10.9. The molecule has 2 aromatic carbocycles. The third-order valence-electron chi connectivity index (χ3n) is 3.78. The van der Waals surface area contributed by atoms with Gasteiger partial charge in [-0.1, -0.05) is 0 Å². The third kappa shape index (κ3) is 8.52. The van der Waals surface area contributed by atoms with Gasteiger partial charge in [-0.05, 0) is 42.5 Å². The lowest BCUT2D eigenvalue weighted by molar-refractivity contribution is -0.274. The highest BCUT2D eigenvalue weighted by Crippen LogP contribution is 2.35. The SMILES string of the molecule is COCCOc1ccc(C(F)(F)F)cc1NC(=O)COC(=O)c1ccc(OC(F)(F)F)cc1. The number of rotatable bonds is 9. The van der Waals surface area contributed by atoms with Crippen LogP contribution >= 0.6 is 0 Å². The molecular formula is C20H17F6NO6. The number of benzene rings is 2. The van der Waals surface area contributed by atoms with Crippen molar-refractivity contribution in [2.45, 2.75) is 12.5 Å². The van der Waals surface area contributed by atoms with Gasteiger partial charge >= 0.3 is 18.5 Å². The van der Waals surface area contributed by atoms with Gasteiger partial charge in [-0.3, -0.25) is 4.79 Å². The lowest BCUT2D eigenvalue weighted by atomic mass is 10.1. The van der Waals surface area contributed by atoms with Crippen LogP contribution in [0.2, 0.25) is 0 Å². The summed E-state index contributed by atoms with van der Waals surface area (Å²) < 4.78 is 93.9. The van der Waals surface area contributed by atoms with Crippen molar-refractivity contribution >= 4 is 17.6 Å². The molecule has 1 N–H and O–H groups in total. The number of nitrogens with one attached hydrogen (secondary N) is 1. The number of amides is 1. The van der Waals surface area contributed by atoms with Crippen molar-refractivity contribution in [3.05, 3.63) is 53.6 Å². The van der Waals surface area contributed by atoms with Crippen LogP contribution in [-0.4, -0.2) is 45.2 Å². The lowest BCUT2D eigenvalue weighted by Crippen LogP contribution is -2.22. The zero-order valence-electron chi connectivity index (χ0n) is 16.9. The van der Waals surface area contributed by atoms with Gasteiger partial charge in [-0.15, -0.1) is 13.2 Å². The summed E-state index contributed by atoms with van der Waals surface area (Å²) in [6, 6.07) is 6.15. The number of carbonyl (C=O) groups excluding carboxylic acids is 2. The summed E-state index contributed by atoms with van der Waals surface area (Å²) in [5.74, 6) is -2.66. The van der Waals surface area contributed by atoms with Crippen LogP contribution in [0.5, 0.6) is 11.5 Å². The molecule has 13 heteroatoms. The summed E-state index contributed by atoms with van der Waals surface area (Å²) in [6.07, 6.45) is -9.59.